The molecule has 0 amide bonds. The summed E-state index contributed by atoms with van der Waals surface area (Å²) in [5.41, 5.74) is 6.10. The van der Waals surface area contributed by atoms with E-state index in [1.807, 2.05) is 42.5 Å². The van der Waals surface area contributed by atoms with Crippen molar-refractivity contribution in [3.8, 4) is 0 Å². The summed E-state index contributed by atoms with van der Waals surface area (Å²) in [4.78, 5) is 16.7. The second-order valence-corrected chi connectivity index (χ2v) is 6.91. The molecule has 0 spiro atoms. The molecule has 1 aromatic heterocycles. The van der Waals surface area contributed by atoms with Crippen LogP contribution in [0.25, 0.3) is 10.2 Å². The maximum atomic E-state index is 12.3. The molecule has 0 fully saturated rings. The number of hydrazone groups is 1. The molecule has 1 aliphatic carbocycles. The van der Waals surface area contributed by atoms with Crippen molar-refractivity contribution in [2.24, 2.45) is 5.10 Å². The van der Waals surface area contributed by atoms with Crippen molar-refractivity contribution < 1.29 is 4.79 Å². The summed E-state index contributed by atoms with van der Waals surface area (Å²) in [6, 6.07) is 13.6. The molecule has 1 aliphatic rings. The molecule has 1 heterocycles. The second-order valence-electron chi connectivity index (χ2n) is 4.96. The number of halogens is 1. The van der Waals surface area contributed by atoms with Gasteiger partial charge in [-0.2, -0.15) is 5.10 Å². The van der Waals surface area contributed by atoms with E-state index in [0.29, 0.717) is 17.3 Å². The molecule has 2 aromatic carbocycles. The van der Waals surface area contributed by atoms with E-state index in [0.717, 1.165) is 25.8 Å². The number of Topliss-reactive ketones (excluding diaryl/α,β-unsaturated/α-hetero) is 1. The van der Waals surface area contributed by atoms with Crippen LogP contribution in [0, 0.1) is 0 Å². The molecule has 0 radical (unpaired) electrons. The average molecular weight is 372 g/mol. The van der Waals surface area contributed by atoms with E-state index in [2.05, 4.69) is 31.4 Å². The van der Waals surface area contributed by atoms with Crippen molar-refractivity contribution in [3.05, 3.63) is 58.1 Å². The first-order valence-corrected chi connectivity index (χ1v) is 8.33. The van der Waals surface area contributed by atoms with Crippen LogP contribution >= 0.6 is 27.3 Å². The fraction of sp³-hybridized carbons (Fsp3) is 0.0625. The molecule has 3 aromatic rings. The van der Waals surface area contributed by atoms with E-state index < -0.39 is 0 Å². The third kappa shape index (κ3) is 2.34. The van der Waals surface area contributed by atoms with E-state index in [1.54, 1.807) is 0 Å². The molecule has 0 bridgehead atoms. The van der Waals surface area contributed by atoms with Crippen molar-refractivity contribution >= 4 is 54.1 Å². The van der Waals surface area contributed by atoms with Crippen molar-refractivity contribution in [3.63, 3.8) is 0 Å². The molecular formula is C16H10BrN3OS. The van der Waals surface area contributed by atoms with Gasteiger partial charge in [0.2, 0.25) is 10.9 Å². The summed E-state index contributed by atoms with van der Waals surface area (Å²) in [6.45, 7) is 0. The number of hydrogen-bond acceptors (Lipinski definition) is 5. The van der Waals surface area contributed by atoms with Gasteiger partial charge in [-0.05, 0) is 35.9 Å². The number of nitrogens with one attached hydrogen (secondary N) is 1. The molecule has 4 rings (SSSR count). The van der Waals surface area contributed by atoms with Crippen molar-refractivity contribution in [1.29, 1.82) is 0 Å². The Morgan fingerprint density at radius 2 is 2.09 bits per heavy atom. The SMILES string of the molecule is O=C1/C(=N\Nc2nc3ccccc3s2)Cc2cc(Br)ccc21. The number of carbonyl (C=O) groups is 1. The number of hydrogen-bond donors (Lipinski definition) is 1. The highest BCUT2D eigenvalue weighted by Gasteiger charge is 2.26. The van der Waals surface area contributed by atoms with Gasteiger partial charge in [-0.3, -0.25) is 10.2 Å². The van der Waals surface area contributed by atoms with Crippen LogP contribution in [0.5, 0.6) is 0 Å². The van der Waals surface area contributed by atoms with Crippen LogP contribution in [0.4, 0.5) is 5.13 Å². The fourth-order valence-electron chi connectivity index (χ4n) is 2.47. The van der Waals surface area contributed by atoms with Gasteiger partial charge in [0.15, 0.2) is 0 Å². The fourth-order valence-corrected chi connectivity index (χ4v) is 3.69. The Balaban J connectivity index is 1.60. The summed E-state index contributed by atoms with van der Waals surface area (Å²) in [6.07, 6.45) is 0.547. The van der Waals surface area contributed by atoms with Gasteiger partial charge in [0.1, 0.15) is 5.71 Å². The first-order valence-electron chi connectivity index (χ1n) is 6.72. The number of anilines is 1. The zero-order valence-electron chi connectivity index (χ0n) is 11.3. The molecule has 0 atom stereocenters. The lowest BCUT2D eigenvalue weighted by atomic mass is 10.1. The van der Waals surface area contributed by atoms with Gasteiger partial charge < -0.3 is 0 Å². The highest BCUT2D eigenvalue weighted by atomic mass is 79.9. The number of para-hydroxylation sites is 1. The van der Waals surface area contributed by atoms with E-state index in [4.69, 9.17) is 0 Å². The Morgan fingerprint density at radius 1 is 1.23 bits per heavy atom. The molecule has 0 unspecified atom stereocenters. The highest BCUT2D eigenvalue weighted by Crippen LogP contribution is 2.27. The van der Waals surface area contributed by atoms with E-state index in [1.165, 1.54) is 11.3 Å². The number of nitrogens with zero attached hydrogens (tertiary/aromatic N) is 2. The number of thiazole rings is 1. The van der Waals surface area contributed by atoms with Gasteiger partial charge in [0.25, 0.3) is 0 Å². The number of rotatable bonds is 2. The third-order valence-electron chi connectivity index (χ3n) is 3.51. The Morgan fingerprint density at radius 3 is 2.95 bits per heavy atom. The quantitative estimate of drug-likeness (QED) is 0.684. The maximum Gasteiger partial charge on any atom is 0.209 e. The molecule has 0 aliphatic heterocycles. The molecule has 22 heavy (non-hydrogen) atoms. The minimum Gasteiger partial charge on any atom is -0.287 e. The first-order chi connectivity index (χ1) is 10.7. The number of fused-ring (bicyclic) bond motifs is 2. The smallest absolute Gasteiger partial charge is 0.209 e. The lowest BCUT2D eigenvalue weighted by molar-refractivity contribution is 0.106. The number of ketones is 1. The van der Waals surface area contributed by atoms with Gasteiger partial charge >= 0.3 is 0 Å². The lowest BCUT2D eigenvalue weighted by Gasteiger charge is -1.95. The van der Waals surface area contributed by atoms with Crippen LogP contribution in [-0.2, 0) is 6.42 Å². The topological polar surface area (TPSA) is 54.4 Å². The molecule has 6 heteroatoms. The Kier molecular flexibility index (Phi) is 3.28. The van der Waals surface area contributed by atoms with Gasteiger partial charge in [-0.1, -0.05) is 39.4 Å². The third-order valence-corrected chi connectivity index (χ3v) is 4.95. The highest BCUT2D eigenvalue weighted by molar-refractivity contribution is 9.10. The van der Waals surface area contributed by atoms with Crippen LogP contribution in [0.2, 0.25) is 0 Å². The van der Waals surface area contributed by atoms with E-state index in [9.17, 15) is 4.79 Å². The largest absolute Gasteiger partial charge is 0.287 e. The van der Waals surface area contributed by atoms with Crippen LogP contribution in [0.15, 0.2) is 52.0 Å². The van der Waals surface area contributed by atoms with Crippen molar-refractivity contribution in [1.82, 2.24) is 4.98 Å². The van der Waals surface area contributed by atoms with E-state index >= 15 is 0 Å². The minimum absolute atomic E-state index is 0.0175. The zero-order valence-corrected chi connectivity index (χ0v) is 13.7. The maximum absolute atomic E-state index is 12.3. The normalized spacial score (nSPS) is 15.5. The second kappa shape index (κ2) is 5.30. The minimum atomic E-state index is -0.0175. The van der Waals surface area contributed by atoms with Crippen molar-refractivity contribution in [2.75, 3.05) is 5.43 Å². The van der Waals surface area contributed by atoms with E-state index in [-0.39, 0.29) is 5.78 Å². The standard InChI is InChI=1S/C16H10BrN3OS/c17-10-5-6-11-9(7-10)8-13(15(11)21)19-20-16-18-12-3-1-2-4-14(12)22-16/h1-7H,8H2,(H,18,20)/b19-13-. The molecule has 1 N–H and O–H groups in total. The average Bonchev–Trinajstić information content (AvgIpc) is 3.06. The van der Waals surface area contributed by atoms with Gasteiger partial charge in [-0.25, -0.2) is 4.98 Å². The van der Waals surface area contributed by atoms with Gasteiger partial charge in [-0.15, -0.1) is 0 Å². The van der Waals surface area contributed by atoms with Crippen molar-refractivity contribution in [2.45, 2.75) is 6.42 Å². The Labute approximate surface area is 139 Å². The Hall–Kier alpha value is -2.05. The number of benzene rings is 2. The van der Waals surface area contributed by atoms with Crippen LogP contribution < -0.4 is 5.43 Å². The zero-order chi connectivity index (χ0) is 15.1. The predicted molar refractivity (Wildman–Crippen MR) is 92.9 cm³/mol. The van der Waals surface area contributed by atoms with Crippen LogP contribution in [-0.4, -0.2) is 16.5 Å². The molecule has 108 valence electrons. The lowest BCUT2D eigenvalue weighted by Crippen LogP contribution is -2.10. The predicted octanol–water partition coefficient (Wildman–Crippen LogP) is 4.27. The number of carbonyl (C=O) groups excluding carboxylic acids is 1. The van der Waals surface area contributed by atoms with Crippen LogP contribution in [0.1, 0.15) is 15.9 Å². The van der Waals surface area contributed by atoms with Gasteiger partial charge in [0.05, 0.1) is 10.2 Å². The summed E-state index contributed by atoms with van der Waals surface area (Å²) in [7, 11) is 0. The molecule has 0 saturated heterocycles. The molecule has 4 nitrogen and oxygen atoms in total. The monoisotopic (exact) mass is 371 g/mol. The Bertz CT molecular complexity index is 899. The number of aromatic nitrogens is 1. The molecular weight excluding hydrogens is 362 g/mol. The first kappa shape index (κ1) is 13.6. The van der Waals surface area contributed by atoms with Crippen LogP contribution in [0.3, 0.4) is 0 Å². The summed E-state index contributed by atoms with van der Waals surface area (Å²) < 4.78 is 2.06. The van der Waals surface area contributed by atoms with Gasteiger partial charge in [0, 0.05) is 16.5 Å². The summed E-state index contributed by atoms with van der Waals surface area (Å²) in [5, 5.41) is 4.96. The summed E-state index contributed by atoms with van der Waals surface area (Å²) >= 11 is 4.94. The molecule has 0 saturated carbocycles. The summed E-state index contributed by atoms with van der Waals surface area (Å²) in [5.74, 6) is -0.0175.